The molecule has 6 heteroatoms. The van der Waals surface area contributed by atoms with Crippen LogP contribution in [-0.4, -0.2) is 20.5 Å². The van der Waals surface area contributed by atoms with E-state index in [2.05, 4.69) is 0 Å². The molecule has 0 saturated heterocycles. The molecule has 0 aliphatic rings. The van der Waals surface area contributed by atoms with Gasteiger partial charge in [0.25, 0.3) is 0 Å². The molecule has 0 aliphatic carbocycles. The van der Waals surface area contributed by atoms with Crippen LogP contribution in [0.3, 0.4) is 0 Å². The first-order chi connectivity index (χ1) is 7.21. The molecule has 0 N–H and O–H groups in total. The molecule has 0 radical (unpaired) electrons. The predicted molar refractivity (Wildman–Crippen MR) is 53.9 cm³/mol. The van der Waals surface area contributed by atoms with Crippen molar-refractivity contribution in [3.05, 3.63) is 29.3 Å². The summed E-state index contributed by atoms with van der Waals surface area (Å²) in [6.45, 7) is 1.21. The average Bonchev–Trinajstić information content (AvgIpc) is 2.07. The normalized spacial score (nSPS) is 11.5. The van der Waals surface area contributed by atoms with Gasteiger partial charge in [-0.15, -0.1) is 0 Å². The second-order valence-corrected chi connectivity index (χ2v) is 5.51. The van der Waals surface area contributed by atoms with Crippen LogP contribution in [0.4, 0.5) is 8.78 Å². The minimum Gasteiger partial charge on any atom is -0.300 e. The summed E-state index contributed by atoms with van der Waals surface area (Å²) in [6, 6.07) is 1.43. The zero-order valence-corrected chi connectivity index (χ0v) is 9.57. The molecule has 0 bridgehead atoms. The Bertz CT molecular complexity index is 535. The number of Topliss-reactive ketones (excluding diaryl/α,β-unsaturated/α-hetero) is 1. The van der Waals surface area contributed by atoms with Crippen LogP contribution in [0.15, 0.2) is 17.0 Å². The molecule has 3 nitrogen and oxygen atoms in total. The molecule has 0 atom stereocenters. The molecular formula is C10H10F2O3S. The van der Waals surface area contributed by atoms with E-state index in [4.69, 9.17) is 0 Å². The highest BCUT2D eigenvalue weighted by atomic mass is 32.2. The topological polar surface area (TPSA) is 51.2 Å². The molecule has 0 aliphatic heterocycles. The Balaban J connectivity index is 3.44. The summed E-state index contributed by atoms with van der Waals surface area (Å²) in [7, 11) is -3.84. The summed E-state index contributed by atoms with van der Waals surface area (Å²) < 4.78 is 49.0. The van der Waals surface area contributed by atoms with E-state index in [1.165, 1.54) is 6.92 Å². The maximum Gasteiger partial charge on any atom is 0.178 e. The molecular weight excluding hydrogens is 238 g/mol. The van der Waals surface area contributed by atoms with Crippen molar-refractivity contribution in [2.75, 3.05) is 6.26 Å². The third-order valence-corrected chi connectivity index (χ3v) is 3.01. The molecule has 0 heterocycles. The Morgan fingerprint density at radius 3 is 2.31 bits per heavy atom. The molecule has 1 aromatic rings. The van der Waals surface area contributed by atoms with Crippen LogP contribution >= 0.6 is 0 Å². The molecule has 0 aromatic heterocycles. The van der Waals surface area contributed by atoms with Gasteiger partial charge in [0.2, 0.25) is 0 Å². The third-order valence-electron chi connectivity index (χ3n) is 1.92. The maximum absolute atomic E-state index is 13.6. The lowest BCUT2D eigenvalue weighted by atomic mass is 10.1. The molecule has 0 spiro atoms. The fraction of sp³-hybridized carbons (Fsp3) is 0.300. The van der Waals surface area contributed by atoms with E-state index < -0.39 is 26.4 Å². The Labute approximate surface area is 92.0 Å². The maximum atomic E-state index is 13.6. The number of hydrogen-bond acceptors (Lipinski definition) is 3. The van der Waals surface area contributed by atoms with E-state index in [1.807, 2.05) is 0 Å². The molecule has 88 valence electrons. The molecule has 1 aromatic carbocycles. The molecule has 0 unspecified atom stereocenters. The first kappa shape index (κ1) is 12.8. The number of halogens is 2. The molecule has 16 heavy (non-hydrogen) atoms. The summed E-state index contributed by atoms with van der Waals surface area (Å²) in [5, 5.41) is 0. The Morgan fingerprint density at radius 1 is 1.31 bits per heavy atom. The van der Waals surface area contributed by atoms with Crippen molar-refractivity contribution in [1.82, 2.24) is 0 Å². The Morgan fingerprint density at radius 2 is 1.88 bits per heavy atom. The number of benzene rings is 1. The van der Waals surface area contributed by atoms with E-state index in [-0.39, 0.29) is 17.8 Å². The lowest BCUT2D eigenvalue weighted by Gasteiger charge is -2.06. The van der Waals surface area contributed by atoms with Gasteiger partial charge >= 0.3 is 0 Å². The number of sulfone groups is 1. The molecule has 0 fully saturated rings. The van der Waals surface area contributed by atoms with E-state index in [0.717, 1.165) is 12.3 Å². The second-order valence-electron chi connectivity index (χ2n) is 3.53. The average molecular weight is 248 g/mol. The van der Waals surface area contributed by atoms with E-state index >= 15 is 0 Å². The van der Waals surface area contributed by atoms with Gasteiger partial charge < -0.3 is 0 Å². The number of rotatable bonds is 3. The predicted octanol–water partition coefficient (Wildman–Crippen LogP) is 1.50. The summed E-state index contributed by atoms with van der Waals surface area (Å²) >= 11 is 0. The van der Waals surface area contributed by atoms with E-state index in [9.17, 15) is 22.0 Å². The number of carbonyl (C=O) groups excluding carboxylic acids is 1. The first-order valence-electron chi connectivity index (χ1n) is 4.39. The molecule has 0 amide bonds. The fourth-order valence-corrected chi connectivity index (χ4v) is 2.07. The second kappa shape index (κ2) is 4.29. The van der Waals surface area contributed by atoms with Crippen LogP contribution in [0.2, 0.25) is 0 Å². The van der Waals surface area contributed by atoms with Crippen molar-refractivity contribution in [3.8, 4) is 0 Å². The van der Waals surface area contributed by atoms with Crippen molar-refractivity contribution >= 4 is 15.6 Å². The third kappa shape index (κ3) is 2.85. The minimum atomic E-state index is -3.84. The number of hydrogen-bond donors (Lipinski definition) is 0. The van der Waals surface area contributed by atoms with E-state index in [0.29, 0.717) is 6.07 Å². The monoisotopic (exact) mass is 248 g/mol. The van der Waals surface area contributed by atoms with Gasteiger partial charge in [0.05, 0.1) is 0 Å². The molecule has 1 rings (SSSR count). The lowest BCUT2D eigenvalue weighted by molar-refractivity contribution is -0.116. The van der Waals surface area contributed by atoms with Gasteiger partial charge in [-0.3, -0.25) is 4.79 Å². The smallest absolute Gasteiger partial charge is 0.178 e. The van der Waals surface area contributed by atoms with Gasteiger partial charge in [-0.2, -0.15) is 0 Å². The highest BCUT2D eigenvalue weighted by molar-refractivity contribution is 7.90. The first-order valence-corrected chi connectivity index (χ1v) is 6.28. The van der Waals surface area contributed by atoms with Gasteiger partial charge in [-0.05, 0) is 24.6 Å². The van der Waals surface area contributed by atoms with Crippen molar-refractivity contribution in [3.63, 3.8) is 0 Å². The van der Waals surface area contributed by atoms with Crippen LogP contribution in [0.5, 0.6) is 0 Å². The largest absolute Gasteiger partial charge is 0.300 e. The lowest BCUT2D eigenvalue weighted by Crippen LogP contribution is -2.07. The highest BCUT2D eigenvalue weighted by Gasteiger charge is 2.19. The zero-order valence-electron chi connectivity index (χ0n) is 8.75. The number of ketones is 1. The van der Waals surface area contributed by atoms with Crippen LogP contribution < -0.4 is 0 Å². The Hall–Kier alpha value is -1.30. The van der Waals surface area contributed by atoms with Crippen molar-refractivity contribution in [2.45, 2.75) is 18.2 Å². The van der Waals surface area contributed by atoms with E-state index in [1.54, 1.807) is 0 Å². The fourth-order valence-electron chi connectivity index (χ4n) is 1.28. The standard InChI is InChI=1S/C10H10F2O3S/c1-6(13)3-7-4-8(11)5-9(10(7)12)16(2,14)15/h4-5H,3H2,1-2H3. The van der Waals surface area contributed by atoms with Gasteiger partial charge in [0.15, 0.2) is 9.84 Å². The van der Waals surface area contributed by atoms with Crippen LogP contribution in [0.1, 0.15) is 12.5 Å². The highest BCUT2D eigenvalue weighted by Crippen LogP contribution is 2.20. The Kier molecular flexibility index (Phi) is 3.42. The number of carbonyl (C=O) groups is 1. The van der Waals surface area contributed by atoms with Gasteiger partial charge in [-0.1, -0.05) is 0 Å². The van der Waals surface area contributed by atoms with Crippen molar-refractivity contribution in [2.24, 2.45) is 0 Å². The minimum absolute atomic E-state index is 0.243. The zero-order chi connectivity index (χ0) is 12.5. The van der Waals surface area contributed by atoms with Crippen molar-refractivity contribution < 1.29 is 22.0 Å². The van der Waals surface area contributed by atoms with Crippen LogP contribution in [-0.2, 0) is 21.1 Å². The SMILES string of the molecule is CC(=O)Cc1cc(F)cc(S(C)(=O)=O)c1F. The van der Waals surface area contributed by atoms with Gasteiger partial charge in [0, 0.05) is 12.7 Å². The molecule has 0 saturated carbocycles. The summed E-state index contributed by atoms with van der Waals surface area (Å²) in [5.41, 5.74) is -0.243. The summed E-state index contributed by atoms with van der Waals surface area (Å²) in [6.07, 6.45) is 0.453. The van der Waals surface area contributed by atoms with Crippen LogP contribution in [0.25, 0.3) is 0 Å². The van der Waals surface area contributed by atoms with Gasteiger partial charge in [0.1, 0.15) is 22.3 Å². The quantitative estimate of drug-likeness (QED) is 0.814. The van der Waals surface area contributed by atoms with Crippen LogP contribution in [0, 0.1) is 11.6 Å². The summed E-state index contributed by atoms with van der Waals surface area (Å²) in [5.74, 6) is -2.30. The summed E-state index contributed by atoms with van der Waals surface area (Å²) in [4.78, 5) is 10.1. The van der Waals surface area contributed by atoms with Crippen molar-refractivity contribution in [1.29, 1.82) is 0 Å². The van der Waals surface area contributed by atoms with Gasteiger partial charge in [-0.25, -0.2) is 17.2 Å².